The van der Waals surface area contributed by atoms with Crippen molar-refractivity contribution in [1.82, 2.24) is 4.98 Å². The van der Waals surface area contributed by atoms with Crippen molar-refractivity contribution in [2.75, 3.05) is 58.9 Å². The second kappa shape index (κ2) is 19.4. The van der Waals surface area contributed by atoms with Crippen molar-refractivity contribution in [3.8, 4) is 28.7 Å². The fourth-order valence-electron chi connectivity index (χ4n) is 9.26. The maximum Gasteiger partial charge on any atom is 0.312 e. The van der Waals surface area contributed by atoms with Crippen LogP contribution >= 0.6 is 0 Å². The standard InChI is InChI=1S/C50H61N3O14/c1-25-12-11-13-26(2)49(60)52-40-44(58)37-36(39-47(40)66-35-24-32(14-15-33(35)51-39)63-23-19-53(9)17-21-62-22-18-53)38-46(30(6)43(37)57)67-50(8,48(38)59)64-20-16-34(61-10)27(3)45(65-31(7)54)29(5)42(56)28(4)41(25)55/h11-16,20,24-25,27-29,34,41-42,45,55-56H,17-19,21-23H2,1-10H3,(H-,51,52,57,58,59,60)/p+1/b12-11+,20-16+,26-13-/t25-,27+,28+,29+,34-,41-,42+,45+,50-/m0/s1. The van der Waals surface area contributed by atoms with E-state index in [1.54, 1.807) is 58.0 Å². The lowest BCUT2D eigenvalue weighted by Crippen LogP contribution is -2.53. The van der Waals surface area contributed by atoms with Crippen LogP contribution in [0.25, 0.3) is 33.3 Å². The molecule has 4 heterocycles. The number of benzene rings is 3. The van der Waals surface area contributed by atoms with Gasteiger partial charge < -0.3 is 58.0 Å². The van der Waals surface area contributed by atoms with Gasteiger partial charge in [-0.1, -0.05) is 45.9 Å². The molecule has 5 aliphatic rings. The number of aliphatic hydroxyl groups excluding tert-OH is 2. The van der Waals surface area contributed by atoms with Crippen LogP contribution in [0.4, 0.5) is 5.69 Å². The molecular formula is C50H62N3O14+. The highest BCUT2D eigenvalue weighted by Gasteiger charge is 2.50. The zero-order chi connectivity index (χ0) is 48.7. The Hall–Kier alpha value is -5.85. The van der Waals surface area contributed by atoms with Gasteiger partial charge in [0.25, 0.3) is 11.7 Å². The van der Waals surface area contributed by atoms with Gasteiger partial charge in [0.15, 0.2) is 11.3 Å². The molecule has 4 N–H and O–H groups in total. The van der Waals surface area contributed by atoms with E-state index in [2.05, 4.69) is 12.4 Å². The van der Waals surface area contributed by atoms with Gasteiger partial charge in [-0.25, -0.2) is 4.98 Å². The number of nitrogens with one attached hydrogen (secondary N) is 1. The minimum atomic E-state index is -2.04. The third kappa shape index (κ3) is 9.52. The van der Waals surface area contributed by atoms with Crippen LogP contribution in [0.15, 0.2) is 63.6 Å². The molecule has 0 unspecified atom stereocenters. The molecule has 1 saturated heterocycles. The minimum absolute atomic E-state index is 0.0203. The van der Waals surface area contributed by atoms with Crippen molar-refractivity contribution in [2.24, 2.45) is 23.7 Å². The van der Waals surface area contributed by atoms with E-state index in [0.717, 1.165) is 24.1 Å². The Kier molecular flexibility index (Phi) is 14.2. The number of allylic oxidation sites excluding steroid dienone is 2. The summed E-state index contributed by atoms with van der Waals surface area (Å²) in [6, 6.07) is 5.05. The summed E-state index contributed by atoms with van der Waals surface area (Å²) < 4.78 is 42.9. The number of hydrogen-bond acceptors (Lipinski definition) is 15. The number of fused-ring (bicyclic) bond motifs is 2. The number of amides is 1. The number of phenolic OH excluding ortho intramolecular Hbond substituents is 1. The van der Waals surface area contributed by atoms with Gasteiger partial charge in [0.2, 0.25) is 5.43 Å². The van der Waals surface area contributed by atoms with Crippen LogP contribution in [-0.2, 0) is 28.5 Å². The molecule has 4 aliphatic heterocycles. The number of nitrogens with zero attached hydrogens (tertiary/aromatic N) is 2. The summed E-state index contributed by atoms with van der Waals surface area (Å²) in [5.41, 5.74) is -0.552. The molecule has 1 fully saturated rings. The minimum Gasteiger partial charge on any atom is -0.507 e. The van der Waals surface area contributed by atoms with E-state index in [-0.39, 0.29) is 55.9 Å². The molecule has 360 valence electrons. The van der Waals surface area contributed by atoms with Crippen molar-refractivity contribution in [3.05, 3.63) is 75.7 Å². The predicted octanol–water partition coefficient (Wildman–Crippen LogP) is 5.80. The number of phenols is 1. The number of carbonyl (C=O) groups excluding carboxylic acids is 3. The Balaban J connectivity index is 1.38. The number of likely N-dealkylation sites (N-methyl/N-ethyl adjacent to an activating group) is 1. The molecule has 0 aromatic heterocycles. The van der Waals surface area contributed by atoms with Crippen LogP contribution in [0.3, 0.4) is 0 Å². The molecule has 0 radical (unpaired) electrons. The quantitative estimate of drug-likeness (QED) is 0.0776. The molecule has 9 atom stereocenters. The largest absolute Gasteiger partial charge is 0.507 e. The number of aromatic nitrogens is 1. The third-order valence-corrected chi connectivity index (χ3v) is 13.8. The molecule has 1 amide bonds. The molecule has 7 rings (SSSR count). The number of methoxy groups -OCH3 is 1. The van der Waals surface area contributed by atoms with E-state index in [0.29, 0.717) is 31.1 Å². The van der Waals surface area contributed by atoms with Crippen LogP contribution in [0.2, 0.25) is 0 Å². The normalized spacial score (nSPS) is 30.1. The molecule has 17 nitrogen and oxygen atoms in total. The summed E-state index contributed by atoms with van der Waals surface area (Å²) in [6.45, 7) is 16.8. The summed E-state index contributed by atoms with van der Waals surface area (Å²) in [4.78, 5) is 60.9. The number of carbonyl (C=O) groups is 3. The number of Topliss-reactive ketones (excluding diaryl/α,β-unsaturated/α-hetero) is 1. The van der Waals surface area contributed by atoms with Crippen molar-refractivity contribution in [2.45, 2.75) is 85.6 Å². The number of morpholine rings is 1. The van der Waals surface area contributed by atoms with Gasteiger partial charge in [0.05, 0.1) is 55.8 Å². The van der Waals surface area contributed by atoms with Crippen LogP contribution in [0, 0.1) is 30.6 Å². The van der Waals surface area contributed by atoms with Crippen molar-refractivity contribution >= 4 is 45.2 Å². The molecule has 0 saturated carbocycles. The Morgan fingerprint density at radius 2 is 1.72 bits per heavy atom. The number of rotatable bonds is 6. The number of ketones is 1. The van der Waals surface area contributed by atoms with E-state index in [9.17, 15) is 34.5 Å². The van der Waals surface area contributed by atoms with Gasteiger partial charge in [-0.2, -0.15) is 0 Å². The molecule has 2 aromatic rings. The maximum atomic E-state index is 14.8. The first-order valence-corrected chi connectivity index (χ1v) is 22.6. The second-order valence-electron chi connectivity index (χ2n) is 18.6. The highest BCUT2D eigenvalue weighted by molar-refractivity contribution is 6.22. The lowest BCUT2D eigenvalue weighted by molar-refractivity contribution is -0.916. The SMILES string of the molecule is CO[C@H]1/C=C/O[C@@]2(C)Oc3c(C)c(O)c4c(=O)c(c5oc6cc(OCC[N+]7(C)CCOCC7)ccc6nc-5c4c3C2=O)NC(=O)/C(C)=C\C=C\[C@H](C)[C@H](O)[C@@H](C)[C@@H](O)[C@@H](C)[C@H](OC(C)=O)[C@@H]1C. The number of ether oxygens (including phenoxy) is 6. The first-order valence-electron chi connectivity index (χ1n) is 22.6. The van der Waals surface area contributed by atoms with Gasteiger partial charge in [-0.15, -0.1) is 0 Å². The van der Waals surface area contributed by atoms with E-state index >= 15 is 0 Å². The summed E-state index contributed by atoms with van der Waals surface area (Å²) in [5, 5.41) is 37.2. The van der Waals surface area contributed by atoms with Gasteiger partial charge in [0.1, 0.15) is 66.5 Å². The topological polar surface area (TPSA) is 222 Å². The molecular weight excluding hydrogens is 867 g/mol. The maximum absolute atomic E-state index is 14.8. The van der Waals surface area contributed by atoms with Gasteiger partial charge in [-0.05, 0) is 32.1 Å². The average Bonchev–Trinajstić information content (AvgIpc) is 3.56. The smallest absolute Gasteiger partial charge is 0.312 e. The Morgan fingerprint density at radius 1 is 1.00 bits per heavy atom. The van der Waals surface area contributed by atoms with Gasteiger partial charge in [-0.3, -0.25) is 19.2 Å². The van der Waals surface area contributed by atoms with Crippen LogP contribution < -0.4 is 20.2 Å². The first-order chi connectivity index (χ1) is 31.7. The molecule has 4 bridgehead atoms. The number of hydrogen-bond donors (Lipinski definition) is 4. The van der Waals surface area contributed by atoms with Gasteiger partial charge in [0, 0.05) is 67.2 Å². The fourth-order valence-corrected chi connectivity index (χ4v) is 9.26. The van der Waals surface area contributed by atoms with Crippen molar-refractivity contribution in [3.63, 3.8) is 0 Å². The summed E-state index contributed by atoms with van der Waals surface area (Å²) in [7, 11) is 3.60. The summed E-state index contributed by atoms with van der Waals surface area (Å²) in [5.74, 6) is -6.80. The van der Waals surface area contributed by atoms with Gasteiger partial charge >= 0.3 is 11.8 Å². The third-order valence-electron chi connectivity index (χ3n) is 13.8. The van der Waals surface area contributed by atoms with E-state index in [4.69, 9.17) is 37.8 Å². The molecule has 1 aliphatic carbocycles. The van der Waals surface area contributed by atoms with E-state index in [1.807, 2.05) is 0 Å². The van der Waals surface area contributed by atoms with E-state index in [1.165, 1.54) is 53.2 Å². The summed E-state index contributed by atoms with van der Waals surface area (Å²) >= 11 is 0. The highest BCUT2D eigenvalue weighted by atomic mass is 16.7. The lowest BCUT2D eigenvalue weighted by Gasteiger charge is -2.38. The Labute approximate surface area is 388 Å². The molecule has 17 heteroatoms. The Morgan fingerprint density at radius 3 is 2.40 bits per heavy atom. The van der Waals surface area contributed by atoms with Crippen LogP contribution in [-0.4, -0.2) is 126 Å². The molecule has 67 heavy (non-hydrogen) atoms. The predicted molar refractivity (Wildman–Crippen MR) is 248 cm³/mol. The number of aromatic hydroxyl groups is 1. The Bertz CT molecular complexity index is 2680. The molecule has 0 spiro atoms. The highest BCUT2D eigenvalue weighted by Crippen LogP contribution is 2.50. The zero-order valence-corrected chi connectivity index (χ0v) is 39.7. The first kappa shape index (κ1) is 49.1. The van der Waals surface area contributed by atoms with Crippen LogP contribution in [0.1, 0.15) is 64.4 Å². The lowest BCUT2D eigenvalue weighted by atomic mass is 9.78. The van der Waals surface area contributed by atoms with Crippen LogP contribution in [0.5, 0.6) is 17.2 Å². The van der Waals surface area contributed by atoms with Crippen molar-refractivity contribution in [1.29, 1.82) is 0 Å². The number of quaternary nitrogens is 1. The average molecular weight is 929 g/mol. The fraction of sp³-hybridized carbons (Fsp3) is 0.500. The number of esters is 1. The number of aliphatic hydroxyl groups is 2. The van der Waals surface area contributed by atoms with E-state index < -0.39 is 82.7 Å². The zero-order valence-electron chi connectivity index (χ0n) is 39.7. The number of anilines is 1. The van der Waals surface area contributed by atoms with Crippen molar-refractivity contribution < 1.29 is 67.0 Å². The second-order valence-corrected chi connectivity index (χ2v) is 18.6. The monoisotopic (exact) mass is 928 g/mol. The summed E-state index contributed by atoms with van der Waals surface area (Å²) in [6.07, 6.45) is 3.60. The molecule has 2 aromatic carbocycles.